The Morgan fingerprint density at radius 2 is 2.09 bits per heavy atom. The molecule has 128 valence electrons. The van der Waals surface area contributed by atoms with Crippen molar-refractivity contribution in [3.8, 4) is 0 Å². The van der Waals surface area contributed by atoms with Crippen LogP contribution in [-0.4, -0.2) is 40.9 Å². The Balaban J connectivity index is 0.00000192. The summed E-state index contributed by atoms with van der Waals surface area (Å²) < 4.78 is 1.33. The highest BCUT2D eigenvalue weighted by Gasteiger charge is 2.45. The van der Waals surface area contributed by atoms with Gasteiger partial charge in [-0.05, 0) is 31.6 Å². The van der Waals surface area contributed by atoms with Gasteiger partial charge < -0.3 is 16.0 Å². The first-order valence-electron chi connectivity index (χ1n) is 7.83. The second-order valence-electron chi connectivity index (χ2n) is 6.47. The van der Waals surface area contributed by atoms with Gasteiger partial charge in [0, 0.05) is 32.7 Å². The standard InChI is InChI=1S/C15H23N5O2.ClH/c1-19-13(21)8-12(10-18-19)20-6-2-11(3-7-20)9-17-14(22)15(16)4-5-15;/h8,10-11H,2-7,9,16H2,1H3,(H,17,22);1H. The van der Waals surface area contributed by atoms with E-state index < -0.39 is 5.54 Å². The van der Waals surface area contributed by atoms with E-state index in [-0.39, 0.29) is 23.9 Å². The molecule has 2 aliphatic rings. The minimum Gasteiger partial charge on any atom is -0.370 e. The fourth-order valence-electron chi connectivity index (χ4n) is 2.80. The Kier molecular flexibility index (Phi) is 5.31. The van der Waals surface area contributed by atoms with E-state index in [1.165, 1.54) is 4.68 Å². The summed E-state index contributed by atoms with van der Waals surface area (Å²) >= 11 is 0. The molecule has 1 aliphatic carbocycles. The summed E-state index contributed by atoms with van der Waals surface area (Å²) in [7, 11) is 1.64. The number of carbonyl (C=O) groups is 1. The van der Waals surface area contributed by atoms with E-state index >= 15 is 0 Å². The smallest absolute Gasteiger partial charge is 0.268 e. The van der Waals surface area contributed by atoms with Crippen LogP contribution >= 0.6 is 12.4 Å². The monoisotopic (exact) mass is 341 g/mol. The number of nitrogens with two attached hydrogens (primary N) is 1. The Labute approximate surface area is 141 Å². The number of amides is 1. The van der Waals surface area contributed by atoms with Gasteiger partial charge in [0.15, 0.2) is 0 Å². The summed E-state index contributed by atoms with van der Waals surface area (Å²) in [5.41, 5.74) is 6.07. The molecule has 1 aliphatic heterocycles. The number of nitrogens with zero attached hydrogens (tertiary/aromatic N) is 3. The van der Waals surface area contributed by atoms with Gasteiger partial charge in [0.1, 0.15) is 0 Å². The average Bonchev–Trinajstić information content (AvgIpc) is 3.27. The maximum Gasteiger partial charge on any atom is 0.268 e. The minimum atomic E-state index is -0.587. The summed E-state index contributed by atoms with van der Waals surface area (Å²) in [6, 6.07) is 1.63. The van der Waals surface area contributed by atoms with E-state index in [0.717, 1.165) is 44.5 Å². The normalized spacial score (nSPS) is 19.8. The number of nitrogens with one attached hydrogen (secondary N) is 1. The third-order valence-electron chi connectivity index (χ3n) is 4.73. The summed E-state index contributed by atoms with van der Waals surface area (Å²) in [6.07, 6.45) is 5.31. The van der Waals surface area contributed by atoms with Gasteiger partial charge in [0.05, 0.1) is 17.4 Å². The summed E-state index contributed by atoms with van der Waals surface area (Å²) in [4.78, 5) is 25.7. The number of halogens is 1. The molecule has 1 aromatic heterocycles. The lowest BCUT2D eigenvalue weighted by Gasteiger charge is -2.33. The van der Waals surface area contributed by atoms with Crippen LogP contribution in [0, 0.1) is 5.92 Å². The van der Waals surface area contributed by atoms with E-state index in [4.69, 9.17) is 5.73 Å². The van der Waals surface area contributed by atoms with Crippen LogP contribution in [0.25, 0.3) is 0 Å². The molecule has 1 saturated carbocycles. The first kappa shape index (κ1) is 17.7. The molecule has 1 amide bonds. The third kappa shape index (κ3) is 4.03. The number of rotatable bonds is 4. The summed E-state index contributed by atoms with van der Waals surface area (Å²) in [5.74, 6) is 0.466. The van der Waals surface area contributed by atoms with Crippen molar-refractivity contribution in [3.05, 3.63) is 22.6 Å². The Hall–Kier alpha value is -1.60. The lowest BCUT2D eigenvalue weighted by atomic mass is 9.96. The molecule has 1 saturated heterocycles. The van der Waals surface area contributed by atoms with Gasteiger partial charge in [0.25, 0.3) is 5.56 Å². The van der Waals surface area contributed by atoms with Crippen molar-refractivity contribution in [2.24, 2.45) is 18.7 Å². The quantitative estimate of drug-likeness (QED) is 0.805. The maximum absolute atomic E-state index is 11.8. The van der Waals surface area contributed by atoms with Crippen molar-refractivity contribution in [3.63, 3.8) is 0 Å². The highest BCUT2D eigenvalue weighted by atomic mass is 35.5. The molecule has 0 bridgehead atoms. The first-order valence-corrected chi connectivity index (χ1v) is 7.83. The van der Waals surface area contributed by atoms with Crippen LogP contribution in [0.15, 0.2) is 17.1 Å². The van der Waals surface area contributed by atoms with Gasteiger partial charge in [-0.2, -0.15) is 5.10 Å². The zero-order valence-electron chi connectivity index (χ0n) is 13.3. The van der Waals surface area contributed by atoms with E-state index in [2.05, 4.69) is 15.3 Å². The van der Waals surface area contributed by atoms with Crippen LogP contribution in [0.2, 0.25) is 0 Å². The second-order valence-corrected chi connectivity index (χ2v) is 6.47. The van der Waals surface area contributed by atoms with Gasteiger partial charge in [0.2, 0.25) is 5.91 Å². The number of carbonyl (C=O) groups excluding carboxylic acids is 1. The highest BCUT2D eigenvalue weighted by Crippen LogP contribution is 2.32. The van der Waals surface area contributed by atoms with Gasteiger partial charge in [-0.3, -0.25) is 9.59 Å². The molecule has 3 N–H and O–H groups in total. The molecule has 3 rings (SSSR count). The van der Waals surface area contributed by atoms with Crippen LogP contribution in [0.1, 0.15) is 25.7 Å². The van der Waals surface area contributed by atoms with Gasteiger partial charge in [-0.15, -0.1) is 12.4 Å². The van der Waals surface area contributed by atoms with Crippen LogP contribution in [0.5, 0.6) is 0 Å². The van der Waals surface area contributed by atoms with E-state index in [1.807, 2.05) is 0 Å². The molecule has 8 heteroatoms. The van der Waals surface area contributed by atoms with Gasteiger partial charge in [-0.1, -0.05) is 0 Å². The molecular weight excluding hydrogens is 318 g/mol. The van der Waals surface area contributed by atoms with Crippen molar-refractivity contribution in [1.29, 1.82) is 0 Å². The molecule has 23 heavy (non-hydrogen) atoms. The highest BCUT2D eigenvalue weighted by molar-refractivity contribution is 5.88. The Bertz CT molecular complexity index is 621. The van der Waals surface area contributed by atoms with Crippen LogP contribution in [0.3, 0.4) is 0 Å². The topological polar surface area (TPSA) is 93.2 Å². The largest absolute Gasteiger partial charge is 0.370 e. The van der Waals surface area contributed by atoms with E-state index in [9.17, 15) is 9.59 Å². The zero-order valence-corrected chi connectivity index (χ0v) is 14.1. The van der Waals surface area contributed by atoms with Crippen molar-refractivity contribution in [1.82, 2.24) is 15.1 Å². The lowest BCUT2D eigenvalue weighted by Crippen LogP contribution is -2.46. The van der Waals surface area contributed by atoms with Gasteiger partial charge >= 0.3 is 0 Å². The molecular formula is C15H24ClN5O2. The summed E-state index contributed by atoms with van der Waals surface area (Å²) in [6.45, 7) is 2.45. The van der Waals surface area contributed by atoms with Crippen molar-refractivity contribution < 1.29 is 4.79 Å². The second kappa shape index (κ2) is 6.88. The lowest BCUT2D eigenvalue weighted by molar-refractivity contribution is -0.123. The molecule has 0 atom stereocenters. The Morgan fingerprint density at radius 1 is 1.43 bits per heavy atom. The SMILES string of the molecule is Cl.Cn1ncc(N2CCC(CNC(=O)C3(N)CC3)CC2)cc1=O. The number of aryl methyl sites for hydroxylation is 1. The molecule has 0 unspecified atom stereocenters. The van der Waals surface area contributed by atoms with Crippen LogP contribution < -0.4 is 21.5 Å². The fraction of sp³-hybridized carbons (Fsp3) is 0.667. The molecule has 0 radical (unpaired) electrons. The molecule has 1 aromatic rings. The predicted octanol–water partition coefficient (Wildman–Crippen LogP) is 0.0260. The van der Waals surface area contributed by atoms with E-state index in [1.54, 1.807) is 19.3 Å². The predicted molar refractivity (Wildman–Crippen MR) is 90.8 cm³/mol. The first-order chi connectivity index (χ1) is 10.5. The number of anilines is 1. The molecule has 2 heterocycles. The maximum atomic E-state index is 11.8. The fourth-order valence-corrected chi connectivity index (χ4v) is 2.80. The van der Waals surface area contributed by atoms with Crippen molar-refractivity contribution in [2.75, 3.05) is 24.5 Å². The number of aromatic nitrogens is 2. The van der Waals surface area contributed by atoms with Gasteiger partial charge in [-0.25, -0.2) is 4.68 Å². The number of piperidine rings is 1. The average molecular weight is 342 g/mol. The molecule has 0 spiro atoms. The van der Waals surface area contributed by atoms with E-state index in [0.29, 0.717) is 12.5 Å². The third-order valence-corrected chi connectivity index (χ3v) is 4.73. The number of hydrogen-bond donors (Lipinski definition) is 2. The zero-order chi connectivity index (χ0) is 15.7. The molecule has 0 aromatic carbocycles. The summed E-state index contributed by atoms with van der Waals surface area (Å²) in [5, 5.41) is 7.04. The van der Waals surface area contributed by atoms with Crippen LogP contribution in [-0.2, 0) is 11.8 Å². The van der Waals surface area contributed by atoms with Crippen molar-refractivity contribution in [2.45, 2.75) is 31.2 Å². The Morgan fingerprint density at radius 3 is 2.65 bits per heavy atom. The number of hydrogen-bond acceptors (Lipinski definition) is 5. The minimum absolute atomic E-state index is 0. The van der Waals surface area contributed by atoms with Crippen molar-refractivity contribution >= 4 is 24.0 Å². The van der Waals surface area contributed by atoms with Crippen LogP contribution in [0.4, 0.5) is 5.69 Å². The molecule has 2 fully saturated rings. The molecule has 7 nitrogen and oxygen atoms in total.